The number of rotatable bonds is 15. The standard InChI is InChI=1S/C25H27N7O4.C20H18ClN5O3.C5H10N2O/c1-34-19-11-15(12-20(35-2)22(19)36-3)31-13-21(27-14-31)29-24-16-7-4-5-8-17(16)28-25(30-24)32-10-6-9-18(32)23(26)33;1-27-15-8-12(9-16(28-2)18(15)29-3)26-10-17(22-11-26)24-19-13-6-4-5-7-14(13)23-20(21)25-19;6-5(8)4-2-1-3-7-4/h4-5,7-8,11-14,18H,6,9-10H2,1-3H3,(H2,26,33)(H,28,29,30);4-11H,1-3H3,(H,23,24,25);4,7H,1-3H2,(H2,6,8)/t18-;;4-/m1.1/s1. The lowest BCUT2D eigenvalue weighted by Gasteiger charge is -2.23. The molecule has 0 saturated carbocycles. The summed E-state index contributed by atoms with van der Waals surface area (Å²) < 4.78 is 36.2. The van der Waals surface area contributed by atoms with Crippen molar-refractivity contribution in [1.29, 1.82) is 0 Å². The van der Waals surface area contributed by atoms with Gasteiger partial charge in [0.2, 0.25) is 34.5 Å². The van der Waals surface area contributed by atoms with Gasteiger partial charge < -0.3 is 69.9 Å². The van der Waals surface area contributed by atoms with Crippen LogP contribution in [-0.4, -0.2) is 119 Å². The molecule has 2 aliphatic heterocycles. The molecule has 380 valence electrons. The van der Waals surface area contributed by atoms with Crippen molar-refractivity contribution in [2.75, 3.05) is 71.3 Å². The second-order valence-corrected chi connectivity index (χ2v) is 16.7. The van der Waals surface area contributed by atoms with Crippen molar-refractivity contribution in [3.8, 4) is 45.9 Å². The average molecular weight is 1020 g/mol. The van der Waals surface area contributed by atoms with Crippen LogP contribution < -0.4 is 60.7 Å². The van der Waals surface area contributed by atoms with Crippen LogP contribution in [0.3, 0.4) is 0 Å². The SMILES string of the molecule is COc1cc(-n2cnc(Nc3nc(Cl)nc4ccccc34)c2)cc(OC)c1OC.COc1cc(-n2cnc(Nc3nc(N4CCC[C@@H]4C(N)=O)nc4ccccc34)c2)cc(OC)c1OC.NC(=O)[C@H]1CCCN1. The Morgan fingerprint density at radius 1 is 0.630 bits per heavy atom. The third-order valence-corrected chi connectivity index (χ3v) is 12.1. The number of aromatic nitrogens is 8. The molecule has 2 fully saturated rings. The second kappa shape index (κ2) is 23.1. The highest BCUT2D eigenvalue weighted by Gasteiger charge is 2.31. The van der Waals surface area contributed by atoms with E-state index in [4.69, 9.17) is 61.5 Å². The Morgan fingerprint density at radius 2 is 1.12 bits per heavy atom. The van der Waals surface area contributed by atoms with E-state index in [0.29, 0.717) is 76.7 Å². The number of nitrogens with two attached hydrogens (primary N) is 2. The van der Waals surface area contributed by atoms with Crippen LogP contribution in [0.4, 0.5) is 29.2 Å². The number of hydrogen-bond donors (Lipinski definition) is 5. The second-order valence-electron chi connectivity index (χ2n) is 16.4. The minimum Gasteiger partial charge on any atom is -0.493 e. The number of carbonyl (C=O) groups excluding carboxylic acids is 2. The van der Waals surface area contributed by atoms with Gasteiger partial charge in [0.1, 0.15) is 42.0 Å². The molecule has 23 heteroatoms. The zero-order chi connectivity index (χ0) is 51.6. The van der Waals surface area contributed by atoms with Gasteiger partial charge in [0, 0.05) is 41.6 Å². The smallest absolute Gasteiger partial charge is 0.240 e. The fourth-order valence-electron chi connectivity index (χ4n) is 8.39. The number of amides is 2. The summed E-state index contributed by atoms with van der Waals surface area (Å²) in [5, 5.41) is 11.3. The summed E-state index contributed by atoms with van der Waals surface area (Å²) in [6, 6.07) is 22.2. The maximum absolute atomic E-state index is 12.0. The molecule has 2 amide bonds. The van der Waals surface area contributed by atoms with Crippen LogP contribution in [0.2, 0.25) is 5.28 Å². The van der Waals surface area contributed by atoms with E-state index in [1.165, 1.54) is 0 Å². The fourth-order valence-corrected chi connectivity index (χ4v) is 8.57. The summed E-state index contributed by atoms with van der Waals surface area (Å²) in [6.07, 6.45) is 10.5. The Labute approximate surface area is 424 Å². The minimum absolute atomic E-state index is 0.0463. The topological polar surface area (TPSA) is 268 Å². The molecule has 0 bridgehead atoms. The number of fused-ring (bicyclic) bond motifs is 2. The number of nitrogens with zero attached hydrogens (tertiary/aromatic N) is 9. The Balaban J connectivity index is 0.000000172. The highest BCUT2D eigenvalue weighted by Crippen LogP contribution is 2.41. The van der Waals surface area contributed by atoms with Crippen molar-refractivity contribution in [3.63, 3.8) is 0 Å². The van der Waals surface area contributed by atoms with E-state index in [-0.39, 0.29) is 23.1 Å². The van der Waals surface area contributed by atoms with Crippen molar-refractivity contribution in [1.82, 2.24) is 44.4 Å². The fraction of sp³-hybridized carbons (Fsp3) is 0.280. The molecular weight excluding hydrogens is 960 g/mol. The lowest BCUT2D eigenvalue weighted by atomic mass is 10.2. The number of halogens is 1. The third-order valence-electron chi connectivity index (χ3n) is 12.0. The van der Waals surface area contributed by atoms with Crippen LogP contribution in [0.5, 0.6) is 34.5 Å². The van der Waals surface area contributed by atoms with Gasteiger partial charge in [-0.25, -0.2) is 19.9 Å². The number of nitrogens with one attached hydrogen (secondary N) is 3. The first-order chi connectivity index (χ1) is 35.4. The summed E-state index contributed by atoms with van der Waals surface area (Å²) in [7, 11) is 9.42. The molecular formula is C50H55ClN14O8. The molecule has 2 aliphatic rings. The Bertz CT molecular complexity index is 3190. The van der Waals surface area contributed by atoms with E-state index >= 15 is 0 Å². The minimum atomic E-state index is -0.418. The molecule has 0 spiro atoms. The molecule has 22 nitrogen and oxygen atoms in total. The Morgan fingerprint density at radius 3 is 1.56 bits per heavy atom. The van der Waals surface area contributed by atoms with Crippen molar-refractivity contribution in [3.05, 3.63) is 103 Å². The van der Waals surface area contributed by atoms with E-state index in [9.17, 15) is 9.59 Å². The Kier molecular flexibility index (Phi) is 16.0. The van der Waals surface area contributed by atoms with E-state index in [2.05, 4.69) is 35.9 Å². The number of ether oxygens (including phenoxy) is 6. The number of para-hydroxylation sites is 2. The summed E-state index contributed by atoms with van der Waals surface area (Å²) in [6.45, 7) is 1.61. The van der Waals surface area contributed by atoms with Gasteiger partial charge in [-0.15, -0.1) is 0 Å². The molecule has 2 saturated heterocycles. The maximum atomic E-state index is 12.0. The predicted octanol–water partition coefficient (Wildman–Crippen LogP) is 6.50. The van der Waals surface area contributed by atoms with Gasteiger partial charge in [-0.3, -0.25) is 9.59 Å². The zero-order valence-electron chi connectivity index (χ0n) is 41.0. The molecule has 73 heavy (non-hydrogen) atoms. The van der Waals surface area contributed by atoms with Gasteiger partial charge in [-0.05, 0) is 68.1 Å². The van der Waals surface area contributed by atoms with Crippen LogP contribution in [0.1, 0.15) is 25.7 Å². The van der Waals surface area contributed by atoms with E-state index in [1.54, 1.807) is 55.3 Å². The quantitative estimate of drug-likeness (QED) is 0.0686. The normalized spacial score (nSPS) is 14.9. The average Bonchev–Trinajstić information content (AvgIpc) is 4.27. The number of hydrogen-bond acceptors (Lipinski definition) is 18. The van der Waals surface area contributed by atoms with Gasteiger partial charge in [-0.2, -0.15) is 9.97 Å². The monoisotopic (exact) mass is 1010 g/mol. The summed E-state index contributed by atoms with van der Waals surface area (Å²) in [5.41, 5.74) is 13.7. The molecule has 0 unspecified atom stereocenters. The lowest BCUT2D eigenvalue weighted by Crippen LogP contribution is -2.41. The molecule has 4 aromatic heterocycles. The predicted molar refractivity (Wildman–Crippen MR) is 277 cm³/mol. The van der Waals surface area contributed by atoms with E-state index in [0.717, 1.165) is 59.0 Å². The summed E-state index contributed by atoms with van der Waals surface area (Å²) in [4.78, 5) is 51.1. The molecule has 7 N–H and O–H groups in total. The number of carbonyl (C=O) groups is 2. The van der Waals surface area contributed by atoms with Crippen LogP contribution in [-0.2, 0) is 9.59 Å². The molecule has 0 radical (unpaired) electrons. The third kappa shape index (κ3) is 11.5. The highest BCUT2D eigenvalue weighted by molar-refractivity contribution is 6.28. The number of primary amides is 2. The van der Waals surface area contributed by atoms with Gasteiger partial charge in [0.15, 0.2) is 23.0 Å². The number of imidazole rings is 2. The number of benzene rings is 4. The molecule has 8 aromatic rings. The molecule has 4 aromatic carbocycles. The highest BCUT2D eigenvalue weighted by atomic mass is 35.5. The van der Waals surface area contributed by atoms with Crippen LogP contribution in [0.25, 0.3) is 33.2 Å². The molecule has 2 atom stereocenters. The summed E-state index contributed by atoms with van der Waals surface area (Å²) in [5.74, 6) is 5.43. The number of methoxy groups -OCH3 is 6. The van der Waals surface area contributed by atoms with E-state index in [1.807, 2.05) is 99.2 Å². The van der Waals surface area contributed by atoms with Gasteiger partial charge in [0.25, 0.3) is 0 Å². The van der Waals surface area contributed by atoms with Gasteiger partial charge in [-0.1, -0.05) is 24.3 Å². The first-order valence-corrected chi connectivity index (χ1v) is 23.3. The largest absolute Gasteiger partial charge is 0.493 e. The van der Waals surface area contributed by atoms with Crippen molar-refractivity contribution in [2.45, 2.75) is 37.8 Å². The van der Waals surface area contributed by atoms with E-state index < -0.39 is 6.04 Å². The van der Waals surface area contributed by atoms with Crippen LogP contribution in [0, 0.1) is 0 Å². The van der Waals surface area contributed by atoms with Crippen LogP contribution >= 0.6 is 11.6 Å². The first kappa shape index (κ1) is 50.7. The van der Waals surface area contributed by atoms with Crippen molar-refractivity contribution in [2.24, 2.45) is 11.5 Å². The summed E-state index contributed by atoms with van der Waals surface area (Å²) >= 11 is 6.06. The lowest BCUT2D eigenvalue weighted by molar-refractivity contribution is -0.120. The molecule has 0 aliphatic carbocycles. The number of anilines is 5. The Hall–Kier alpha value is -8.63. The molecule has 10 rings (SSSR count). The van der Waals surface area contributed by atoms with Crippen molar-refractivity contribution >= 4 is 74.4 Å². The van der Waals surface area contributed by atoms with Gasteiger partial charge in [0.05, 0.1) is 83.5 Å². The van der Waals surface area contributed by atoms with Crippen molar-refractivity contribution < 1.29 is 38.0 Å². The zero-order valence-corrected chi connectivity index (χ0v) is 41.7. The van der Waals surface area contributed by atoms with Crippen LogP contribution in [0.15, 0.2) is 97.8 Å². The maximum Gasteiger partial charge on any atom is 0.240 e. The first-order valence-electron chi connectivity index (χ1n) is 23.0. The molecule has 6 heterocycles. The van der Waals surface area contributed by atoms with Gasteiger partial charge >= 0.3 is 0 Å².